The van der Waals surface area contributed by atoms with Gasteiger partial charge in [-0.1, -0.05) is 6.08 Å². The third-order valence-corrected chi connectivity index (χ3v) is 1.81. The molecule has 0 radical (unpaired) electrons. The number of halogens is 1. The van der Waals surface area contributed by atoms with Gasteiger partial charge in [-0.2, -0.15) is 4.39 Å². The van der Waals surface area contributed by atoms with Crippen LogP contribution in [0.15, 0.2) is 24.4 Å². The molecule has 0 saturated carbocycles. The van der Waals surface area contributed by atoms with Gasteiger partial charge in [0.15, 0.2) is 0 Å². The van der Waals surface area contributed by atoms with Crippen molar-refractivity contribution < 1.29 is 4.39 Å². The van der Waals surface area contributed by atoms with Crippen LogP contribution in [0.25, 0.3) is 4.91 Å². The molecule has 3 heteroatoms. The highest BCUT2D eigenvalue weighted by atomic mass is 32.1. The van der Waals surface area contributed by atoms with Crippen LogP contribution in [-0.2, 0) is 0 Å². The average Bonchev–Trinajstić information content (AvgIpc) is 2.03. The van der Waals surface area contributed by atoms with Gasteiger partial charge < -0.3 is 0 Å². The van der Waals surface area contributed by atoms with E-state index in [2.05, 4.69) is 17.6 Å². The quantitative estimate of drug-likeness (QED) is 0.503. The second-order valence-electron chi connectivity index (χ2n) is 2.04. The maximum absolute atomic E-state index is 12.5. The van der Waals surface area contributed by atoms with Crippen molar-refractivity contribution in [2.45, 2.75) is 6.92 Å². The van der Waals surface area contributed by atoms with Crippen LogP contribution in [0.3, 0.4) is 0 Å². The van der Waals surface area contributed by atoms with Gasteiger partial charge in [0.1, 0.15) is 0 Å². The predicted molar refractivity (Wildman–Crippen MR) is 46.8 cm³/mol. The molecule has 1 heterocycles. The van der Waals surface area contributed by atoms with Gasteiger partial charge in [0, 0.05) is 17.2 Å². The highest BCUT2D eigenvalue weighted by Gasteiger charge is 1.96. The van der Waals surface area contributed by atoms with Crippen molar-refractivity contribution in [1.29, 1.82) is 0 Å². The Labute approximate surface area is 70.4 Å². The topological polar surface area (TPSA) is 12.9 Å². The summed E-state index contributed by atoms with van der Waals surface area (Å²) in [7, 11) is 0. The molecule has 1 rings (SSSR count). The van der Waals surface area contributed by atoms with E-state index >= 15 is 0 Å². The number of hydrogen-bond donors (Lipinski definition) is 1. The largest absolute Gasteiger partial charge is 0.228 e. The van der Waals surface area contributed by atoms with Crippen LogP contribution < -0.4 is 0 Å². The second kappa shape index (κ2) is 3.53. The molecule has 0 N–H and O–H groups in total. The summed E-state index contributed by atoms with van der Waals surface area (Å²) in [6, 6.07) is 3.06. The normalized spacial score (nSPS) is 11.7. The van der Waals surface area contributed by atoms with Crippen molar-refractivity contribution in [3.8, 4) is 0 Å². The number of thiol groups is 1. The fraction of sp³-hybridized carbons (Fsp3) is 0.125. The summed E-state index contributed by atoms with van der Waals surface area (Å²) in [5, 5.41) is 0. The van der Waals surface area contributed by atoms with E-state index in [4.69, 9.17) is 0 Å². The highest BCUT2D eigenvalue weighted by Crippen LogP contribution is 2.16. The number of aromatic nitrogens is 1. The van der Waals surface area contributed by atoms with Crippen molar-refractivity contribution in [3.05, 3.63) is 35.9 Å². The van der Waals surface area contributed by atoms with Crippen LogP contribution in [0, 0.1) is 5.95 Å². The molecule has 0 bridgehead atoms. The molecule has 0 amide bonds. The van der Waals surface area contributed by atoms with E-state index < -0.39 is 5.95 Å². The number of nitrogens with zero attached hydrogens (tertiary/aromatic N) is 1. The minimum absolute atomic E-state index is 0.476. The summed E-state index contributed by atoms with van der Waals surface area (Å²) in [5.41, 5.74) is 0.753. The van der Waals surface area contributed by atoms with Gasteiger partial charge in [0.2, 0.25) is 5.95 Å². The first-order valence-corrected chi connectivity index (χ1v) is 3.66. The summed E-state index contributed by atoms with van der Waals surface area (Å²) in [6.45, 7) is 1.85. The third-order valence-electron chi connectivity index (χ3n) is 1.30. The minimum atomic E-state index is -0.476. The maximum Gasteiger partial charge on any atom is 0.213 e. The van der Waals surface area contributed by atoms with Crippen LogP contribution in [0.2, 0.25) is 0 Å². The zero-order valence-electron chi connectivity index (χ0n) is 6.08. The van der Waals surface area contributed by atoms with Gasteiger partial charge in [-0.3, -0.25) is 0 Å². The van der Waals surface area contributed by atoms with E-state index in [0.29, 0.717) is 0 Å². The zero-order valence-corrected chi connectivity index (χ0v) is 6.98. The minimum Gasteiger partial charge on any atom is -0.228 e. The average molecular weight is 169 g/mol. The second-order valence-corrected chi connectivity index (χ2v) is 2.52. The van der Waals surface area contributed by atoms with Gasteiger partial charge in [0.05, 0.1) is 0 Å². The van der Waals surface area contributed by atoms with Crippen LogP contribution in [0.4, 0.5) is 4.39 Å². The van der Waals surface area contributed by atoms with E-state index in [1.165, 1.54) is 12.3 Å². The van der Waals surface area contributed by atoms with Gasteiger partial charge in [-0.15, -0.1) is 12.6 Å². The Morgan fingerprint density at radius 3 is 3.00 bits per heavy atom. The molecule has 0 aliphatic rings. The lowest BCUT2D eigenvalue weighted by molar-refractivity contribution is 0.583. The maximum atomic E-state index is 12.5. The van der Waals surface area contributed by atoms with Crippen molar-refractivity contribution >= 4 is 17.5 Å². The van der Waals surface area contributed by atoms with Crippen molar-refractivity contribution in [1.82, 2.24) is 4.98 Å². The van der Waals surface area contributed by atoms with Gasteiger partial charge >= 0.3 is 0 Å². The molecule has 1 aromatic heterocycles. The van der Waals surface area contributed by atoms with Crippen LogP contribution >= 0.6 is 12.6 Å². The molecule has 0 unspecified atom stereocenters. The molecule has 0 fully saturated rings. The third kappa shape index (κ3) is 2.05. The Morgan fingerprint density at radius 2 is 2.45 bits per heavy atom. The summed E-state index contributed by atoms with van der Waals surface area (Å²) < 4.78 is 12.5. The first-order valence-electron chi connectivity index (χ1n) is 3.21. The summed E-state index contributed by atoms with van der Waals surface area (Å²) in [5.74, 6) is -0.476. The van der Waals surface area contributed by atoms with Crippen LogP contribution in [0.1, 0.15) is 12.5 Å². The number of hydrogen-bond acceptors (Lipinski definition) is 2. The van der Waals surface area contributed by atoms with Gasteiger partial charge in [-0.05, 0) is 18.6 Å². The lowest BCUT2D eigenvalue weighted by atomic mass is 10.2. The number of allylic oxidation sites excluding steroid dienone is 1. The zero-order chi connectivity index (χ0) is 8.27. The molecule has 0 aliphatic carbocycles. The summed E-state index contributed by atoms with van der Waals surface area (Å²) in [6.07, 6.45) is 3.22. The number of rotatable bonds is 1. The molecule has 0 saturated heterocycles. The molecule has 0 atom stereocenters. The molecule has 0 spiro atoms. The monoisotopic (exact) mass is 169 g/mol. The first kappa shape index (κ1) is 8.27. The van der Waals surface area contributed by atoms with E-state index in [0.717, 1.165) is 10.5 Å². The Kier molecular flexibility index (Phi) is 2.65. The molecule has 1 nitrogen and oxygen atoms in total. The highest BCUT2D eigenvalue weighted by molar-refractivity contribution is 7.90. The standard InChI is InChI=1S/C8H8FNS/c1-2-7(11)6-3-4-10-8(9)5-6/h2-5,11H,1H3/b7-2-. The Hall–Kier alpha value is -0.830. The molecular weight excluding hydrogens is 161 g/mol. The van der Waals surface area contributed by atoms with Crippen molar-refractivity contribution in [2.75, 3.05) is 0 Å². The molecule has 11 heavy (non-hydrogen) atoms. The molecular formula is C8H8FNS. The van der Waals surface area contributed by atoms with E-state index in [1.807, 2.05) is 6.92 Å². The predicted octanol–water partition coefficient (Wildman–Crippen LogP) is 2.51. The Morgan fingerprint density at radius 1 is 1.73 bits per heavy atom. The van der Waals surface area contributed by atoms with E-state index in [9.17, 15) is 4.39 Å². The lowest BCUT2D eigenvalue weighted by Gasteiger charge is -1.97. The van der Waals surface area contributed by atoms with Crippen LogP contribution in [0.5, 0.6) is 0 Å². The summed E-state index contributed by atoms with van der Waals surface area (Å²) >= 11 is 4.13. The van der Waals surface area contributed by atoms with E-state index in [-0.39, 0.29) is 0 Å². The van der Waals surface area contributed by atoms with Gasteiger partial charge in [-0.25, -0.2) is 4.98 Å². The van der Waals surface area contributed by atoms with Gasteiger partial charge in [0.25, 0.3) is 0 Å². The smallest absolute Gasteiger partial charge is 0.213 e. The van der Waals surface area contributed by atoms with E-state index in [1.54, 1.807) is 12.1 Å². The molecule has 0 aliphatic heterocycles. The Balaban J connectivity index is 3.06. The fourth-order valence-corrected chi connectivity index (χ4v) is 0.868. The van der Waals surface area contributed by atoms with Crippen LogP contribution in [-0.4, -0.2) is 4.98 Å². The number of pyridine rings is 1. The molecule has 1 aromatic rings. The molecule has 58 valence electrons. The SMILES string of the molecule is C/C=C(\S)c1ccnc(F)c1. The first-order chi connectivity index (χ1) is 5.24. The van der Waals surface area contributed by atoms with Crippen molar-refractivity contribution in [3.63, 3.8) is 0 Å². The Bertz CT molecular complexity index is 283. The fourth-order valence-electron chi connectivity index (χ4n) is 0.728. The molecule has 0 aromatic carbocycles. The lowest BCUT2D eigenvalue weighted by Crippen LogP contribution is -1.83. The van der Waals surface area contributed by atoms with Crippen molar-refractivity contribution in [2.24, 2.45) is 0 Å². The summed E-state index contributed by atoms with van der Waals surface area (Å²) in [4.78, 5) is 4.18.